The van der Waals surface area contributed by atoms with Gasteiger partial charge in [0, 0.05) is 18.4 Å². The van der Waals surface area contributed by atoms with Gasteiger partial charge < -0.3 is 10.4 Å². The Morgan fingerprint density at radius 2 is 1.87 bits per heavy atom. The standard InChI is InChI=1S/C16H18F3NO3/c17-16(18,19)12-6-2-1-4-10(12)11-5-3-7-13(11)20-14(21)8-9-15(22)23/h1-2,4,6,11,13H,3,5,7-9H2,(H,20,21)(H,22,23). The van der Waals surface area contributed by atoms with Crippen LogP contribution in [0.4, 0.5) is 13.2 Å². The molecule has 4 nitrogen and oxygen atoms in total. The van der Waals surface area contributed by atoms with E-state index in [2.05, 4.69) is 5.32 Å². The molecule has 2 unspecified atom stereocenters. The topological polar surface area (TPSA) is 66.4 Å². The molecule has 1 aromatic rings. The number of hydrogen-bond acceptors (Lipinski definition) is 2. The minimum absolute atomic E-state index is 0.167. The summed E-state index contributed by atoms with van der Waals surface area (Å²) in [6, 6.07) is 5.03. The summed E-state index contributed by atoms with van der Waals surface area (Å²) in [4.78, 5) is 22.2. The van der Waals surface area contributed by atoms with Crippen LogP contribution >= 0.6 is 0 Å². The zero-order valence-corrected chi connectivity index (χ0v) is 12.4. The summed E-state index contributed by atoms with van der Waals surface area (Å²) in [7, 11) is 0. The molecule has 2 atom stereocenters. The van der Waals surface area contributed by atoms with Gasteiger partial charge in [0.15, 0.2) is 0 Å². The highest BCUT2D eigenvalue weighted by molar-refractivity contribution is 5.80. The van der Waals surface area contributed by atoms with E-state index in [9.17, 15) is 22.8 Å². The Balaban J connectivity index is 2.13. The molecule has 2 N–H and O–H groups in total. The predicted molar refractivity (Wildman–Crippen MR) is 76.8 cm³/mol. The summed E-state index contributed by atoms with van der Waals surface area (Å²) in [5, 5.41) is 11.3. The van der Waals surface area contributed by atoms with Gasteiger partial charge >= 0.3 is 12.1 Å². The highest BCUT2D eigenvalue weighted by atomic mass is 19.4. The van der Waals surface area contributed by atoms with E-state index in [4.69, 9.17) is 5.11 Å². The summed E-state index contributed by atoms with van der Waals surface area (Å²) in [6.07, 6.45) is -3.01. The van der Waals surface area contributed by atoms with Gasteiger partial charge in [-0.05, 0) is 24.5 Å². The molecule has 1 aliphatic rings. The van der Waals surface area contributed by atoms with E-state index < -0.39 is 29.5 Å². The third-order valence-electron chi connectivity index (χ3n) is 4.09. The molecule has 0 heterocycles. The number of carbonyl (C=O) groups excluding carboxylic acids is 1. The van der Waals surface area contributed by atoms with E-state index >= 15 is 0 Å². The normalized spacial score (nSPS) is 21.2. The van der Waals surface area contributed by atoms with E-state index in [1.807, 2.05) is 0 Å². The number of carboxylic acid groups (broad SMARTS) is 1. The third-order valence-corrected chi connectivity index (χ3v) is 4.09. The first kappa shape index (κ1) is 17.3. The highest BCUT2D eigenvalue weighted by Gasteiger charge is 2.38. The first-order chi connectivity index (χ1) is 10.8. The Bertz CT molecular complexity index is 586. The summed E-state index contributed by atoms with van der Waals surface area (Å²) in [6.45, 7) is 0. The molecule has 1 aliphatic carbocycles. The van der Waals surface area contributed by atoms with Gasteiger partial charge in [-0.2, -0.15) is 13.2 Å². The largest absolute Gasteiger partial charge is 0.481 e. The molecule has 1 amide bonds. The molecule has 126 valence electrons. The zero-order chi connectivity index (χ0) is 17.0. The van der Waals surface area contributed by atoms with Crippen molar-refractivity contribution in [3.05, 3.63) is 35.4 Å². The fraction of sp³-hybridized carbons (Fsp3) is 0.500. The SMILES string of the molecule is O=C(O)CCC(=O)NC1CCCC1c1ccccc1C(F)(F)F. The quantitative estimate of drug-likeness (QED) is 0.871. The molecule has 1 aromatic carbocycles. The number of amides is 1. The molecule has 1 fully saturated rings. The second-order valence-corrected chi connectivity index (χ2v) is 5.69. The molecule has 0 radical (unpaired) electrons. The van der Waals surface area contributed by atoms with Crippen LogP contribution in [0.5, 0.6) is 0 Å². The van der Waals surface area contributed by atoms with Gasteiger partial charge in [0.1, 0.15) is 0 Å². The van der Waals surface area contributed by atoms with Gasteiger partial charge in [-0.3, -0.25) is 9.59 Å². The number of alkyl halides is 3. The van der Waals surface area contributed by atoms with Crippen LogP contribution in [0.15, 0.2) is 24.3 Å². The Morgan fingerprint density at radius 1 is 1.17 bits per heavy atom. The van der Waals surface area contributed by atoms with Gasteiger partial charge in [-0.25, -0.2) is 0 Å². The van der Waals surface area contributed by atoms with Crippen molar-refractivity contribution in [2.75, 3.05) is 0 Å². The molecule has 0 spiro atoms. The highest BCUT2D eigenvalue weighted by Crippen LogP contribution is 2.41. The molecule has 7 heteroatoms. The minimum Gasteiger partial charge on any atom is -0.481 e. The Labute approximate surface area is 131 Å². The van der Waals surface area contributed by atoms with E-state index in [1.165, 1.54) is 12.1 Å². The van der Waals surface area contributed by atoms with E-state index in [-0.39, 0.29) is 24.4 Å². The van der Waals surface area contributed by atoms with Crippen LogP contribution in [-0.4, -0.2) is 23.0 Å². The number of carboxylic acids is 1. The van der Waals surface area contributed by atoms with Crippen LogP contribution in [0, 0.1) is 0 Å². The Hall–Kier alpha value is -2.05. The number of rotatable bonds is 5. The number of halogens is 3. The van der Waals surface area contributed by atoms with E-state index in [1.54, 1.807) is 6.07 Å². The number of hydrogen-bond donors (Lipinski definition) is 2. The summed E-state index contributed by atoms with van der Waals surface area (Å²) in [5.41, 5.74) is -0.474. The first-order valence-corrected chi connectivity index (χ1v) is 7.46. The predicted octanol–water partition coefficient (Wildman–Crippen LogP) is 3.32. The molecule has 1 saturated carbocycles. The number of carbonyl (C=O) groups is 2. The monoisotopic (exact) mass is 329 g/mol. The maximum atomic E-state index is 13.1. The Kier molecular flexibility index (Phi) is 5.28. The van der Waals surface area contributed by atoms with Crippen LogP contribution in [0.1, 0.15) is 49.1 Å². The molecule has 0 aromatic heterocycles. The van der Waals surface area contributed by atoms with Crippen LogP contribution in [0.25, 0.3) is 0 Å². The van der Waals surface area contributed by atoms with Gasteiger partial charge in [-0.1, -0.05) is 24.6 Å². The number of nitrogens with one attached hydrogen (secondary N) is 1. The van der Waals surface area contributed by atoms with Crippen molar-refractivity contribution in [3.8, 4) is 0 Å². The summed E-state index contributed by atoms with van der Waals surface area (Å²) < 4.78 is 39.4. The summed E-state index contributed by atoms with van der Waals surface area (Å²) in [5.74, 6) is -1.92. The maximum absolute atomic E-state index is 13.1. The van der Waals surface area contributed by atoms with Gasteiger partial charge in [0.05, 0.1) is 12.0 Å². The lowest BCUT2D eigenvalue weighted by Gasteiger charge is -2.24. The van der Waals surface area contributed by atoms with Crippen LogP contribution in [0.2, 0.25) is 0 Å². The lowest BCUT2D eigenvalue weighted by Crippen LogP contribution is -2.37. The van der Waals surface area contributed by atoms with Crippen molar-refractivity contribution in [3.63, 3.8) is 0 Å². The third kappa shape index (κ3) is 4.46. The smallest absolute Gasteiger partial charge is 0.416 e. The molecule has 0 bridgehead atoms. The fourth-order valence-corrected chi connectivity index (χ4v) is 3.08. The molecule has 0 saturated heterocycles. The van der Waals surface area contributed by atoms with Gasteiger partial charge in [-0.15, -0.1) is 0 Å². The second kappa shape index (κ2) is 7.02. The second-order valence-electron chi connectivity index (χ2n) is 5.69. The molecule has 2 rings (SSSR count). The average Bonchev–Trinajstić information content (AvgIpc) is 2.92. The molecular weight excluding hydrogens is 311 g/mol. The lowest BCUT2D eigenvalue weighted by atomic mass is 9.89. The number of benzene rings is 1. The molecule has 23 heavy (non-hydrogen) atoms. The van der Waals surface area contributed by atoms with Crippen molar-refractivity contribution in [1.82, 2.24) is 5.32 Å². The van der Waals surface area contributed by atoms with Crippen molar-refractivity contribution >= 4 is 11.9 Å². The zero-order valence-electron chi connectivity index (χ0n) is 12.4. The van der Waals surface area contributed by atoms with Crippen molar-refractivity contribution < 1.29 is 27.9 Å². The minimum atomic E-state index is -4.43. The summed E-state index contributed by atoms with van der Waals surface area (Å²) >= 11 is 0. The fourth-order valence-electron chi connectivity index (χ4n) is 3.08. The molecular formula is C16H18F3NO3. The van der Waals surface area contributed by atoms with Crippen molar-refractivity contribution in [2.45, 2.75) is 50.2 Å². The Morgan fingerprint density at radius 3 is 2.52 bits per heavy atom. The van der Waals surface area contributed by atoms with Gasteiger partial charge in [0.2, 0.25) is 5.91 Å². The van der Waals surface area contributed by atoms with Crippen LogP contribution in [-0.2, 0) is 15.8 Å². The van der Waals surface area contributed by atoms with Gasteiger partial charge in [0.25, 0.3) is 0 Å². The molecule has 0 aliphatic heterocycles. The van der Waals surface area contributed by atoms with Crippen LogP contribution < -0.4 is 5.32 Å². The first-order valence-electron chi connectivity index (χ1n) is 7.46. The van der Waals surface area contributed by atoms with E-state index in [0.29, 0.717) is 12.8 Å². The average molecular weight is 329 g/mol. The van der Waals surface area contributed by atoms with Crippen molar-refractivity contribution in [1.29, 1.82) is 0 Å². The maximum Gasteiger partial charge on any atom is 0.416 e. The lowest BCUT2D eigenvalue weighted by molar-refractivity contribution is -0.139. The van der Waals surface area contributed by atoms with Crippen molar-refractivity contribution in [2.24, 2.45) is 0 Å². The van der Waals surface area contributed by atoms with E-state index in [0.717, 1.165) is 12.5 Å². The van der Waals surface area contributed by atoms with Crippen LogP contribution in [0.3, 0.4) is 0 Å². The number of aliphatic carboxylic acids is 1.